The number of hydrogen-bond acceptors (Lipinski definition) is 3. The van der Waals surface area contributed by atoms with Crippen molar-refractivity contribution in [3.63, 3.8) is 0 Å². The topological polar surface area (TPSA) is 58.4 Å². The highest BCUT2D eigenvalue weighted by molar-refractivity contribution is 5.92. The molecule has 0 spiro atoms. The second-order valence-electron chi connectivity index (χ2n) is 5.71. The van der Waals surface area contributed by atoms with Gasteiger partial charge in [0, 0.05) is 25.3 Å². The van der Waals surface area contributed by atoms with Crippen molar-refractivity contribution < 1.29 is 4.79 Å². The standard InChI is InChI=1S/C19H25N3O/c1-16-7-9-18(10-8-16)21-19(23)15-22(14-12-20)13-11-17-5-3-2-4-6-17/h2-10H,11-15,20H2,1H3,(H,21,23). The molecule has 2 rings (SSSR count). The third-order valence-electron chi connectivity index (χ3n) is 3.71. The van der Waals surface area contributed by atoms with E-state index in [0.717, 1.165) is 18.7 Å². The van der Waals surface area contributed by atoms with E-state index in [1.165, 1.54) is 11.1 Å². The van der Waals surface area contributed by atoms with Gasteiger partial charge >= 0.3 is 0 Å². The summed E-state index contributed by atoms with van der Waals surface area (Å²) in [6.45, 7) is 4.47. The third-order valence-corrected chi connectivity index (χ3v) is 3.71. The molecule has 1 amide bonds. The highest BCUT2D eigenvalue weighted by Gasteiger charge is 2.10. The van der Waals surface area contributed by atoms with Crippen molar-refractivity contribution in [2.24, 2.45) is 5.73 Å². The monoisotopic (exact) mass is 311 g/mol. The average molecular weight is 311 g/mol. The van der Waals surface area contributed by atoms with E-state index in [2.05, 4.69) is 22.3 Å². The largest absolute Gasteiger partial charge is 0.329 e. The van der Waals surface area contributed by atoms with Gasteiger partial charge in [-0.3, -0.25) is 9.69 Å². The summed E-state index contributed by atoms with van der Waals surface area (Å²) in [4.78, 5) is 14.3. The van der Waals surface area contributed by atoms with E-state index < -0.39 is 0 Å². The van der Waals surface area contributed by atoms with Gasteiger partial charge in [-0.05, 0) is 31.0 Å². The summed E-state index contributed by atoms with van der Waals surface area (Å²) in [5.74, 6) is -0.00429. The Bertz CT molecular complexity index is 596. The van der Waals surface area contributed by atoms with Crippen LogP contribution >= 0.6 is 0 Å². The first-order valence-corrected chi connectivity index (χ1v) is 8.00. The Balaban J connectivity index is 1.85. The molecule has 23 heavy (non-hydrogen) atoms. The first kappa shape index (κ1) is 17.2. The molecular weight excluding hydrogens is 286 g/mol. The van der Waals surface area contributed by atoms with Gasteiger partial charge < -0.3 is 11.1 Å². The number of nitrogens with zero attached hydrogens (tertiary/aromatic N) is 1. The van der Waals surface area contributed by atoms with Crippen LogP contribution in [0.1, 0.15) is 11.1 Å². The number of amides is 1. The third kappa shape index (κ3) is 6.22. The summed E-state index contributed by atoms with van der Waals surface area (Å²) in [6, 6.07) is 18.1. The van der Waals surface area contributed by atoms with Gasteiger partial charge in [-0.1, -0.05) is 48.0 Å². The first-order valence-electron chi connectivity index (χ1n) is 8.00. The molecule has 0 heterocycles. The second kappa shape index (κ2) is 9.08. The smallest absolute Gasteiger partial charge is 0.238 e. The van der Waals surface area contributed by atoms with Crippen molar-refractivity contribution in [3.8, 4) is 0 Å². The molecule has 4 nitrogen and oxygen atoms in total. The van der Waals surface area contributed by atoms with Gasteiger partial charge in [-0.25, -0.2) is 0 Å². The molecular formula is C19H25N3O. The van der Waals surface area contributed by atoms with Crippen LogP contribution in [0.4, 0.5) is 5.69 Å². The number of benzene rings is 2. The fraction of sp³-hybridized carbons (Fsp3) is 0.316. The average Bonchev–Trinajstić information content (AvgIpc) is 2.56. The Morgan fingerprint density at radius 1 is 1.04 bits per heavy atom. The van der Waals surface area contributed by atoms with Crippen LogP contribution in [0.3, 0.4) is 0 Å². The van der Waals surface area contributed by atoms with Crippen molar-refractivity contribution in [1.29, 1.82) is 0 Å². The summed E-state index contributed by atoms with van der Waals surface area (Å²) >= 11 is 0. The molecule has 0 saturated heterocycles. The molecule has 0 unspecified atom stereocenters. The van der Waals surface area contributed by atoms with Crippen LogP contribution in [0.25, 0.3) is 0 Å². The first-order chi connectivity index (χ1) is 11.2. The maximum Gasteiger partial charge on any atom is 0.238 e. The highest BCUT2D eigenvalue weighted by atomic mass is 16.2. The normalized spacial score (nSPS) is 10.7. The number of aryl methyl sites for hydroxylation is 1. The number of nitrogens with one attached hydrogen (secondary N) is 1. The predicted molar refractivity (Wildman–Crippen MR) is 95.4 cm³/mol. The Morgan fingerprint density at radius 3 is 2.39 bits per heavy atom. The van der Waals surface area contributed by atoms with E-state index in [1.807, 2.05) is 49.4 Å². The minimum atomic E-state index is -0.00429. The van der Waals surface area contributed by atoms with Gasteiger partial charge in [0.2, 0.25) is 5.91 Å². The molecule has 0 radical (unpaired) electrons. The Labute approximate surface area is 138 Å². The molecule has 0 saturated carbocycles. The van der Waals surface area contributed by atoms with Crippen molar-refractivity contribution in [1.82, 2.24) is 4.90 Å². The molecule has 0 aliphatic heterocycles. The lowest BCUT2D eigenvalue weighted by atomic mass is 10.1. The number of carbonyl (C=O) groups is 1. The molecule has 0 bridgehead atoms. The predicted octanol–water partition coefficient (Wildman–Crippen LogP) is 2.44. The van der Waals surface area contributed by atoms with Gasteiger partial charge in [0.1, 0.15) is 0 Å². The Hall–Kier alpha value is -2.17. The van der Waals surface area contributed by atoms with E-state index >= 15 is 0 Å². The van der Waals surface area contributed by atoms with E-state index in [4.69, 9.17) is 5.73 Å². The molecule has 3 N–H and O–H groups in total. The van der Waals surface area contributed by atoms with Gasteiger partial charge in [0.05, 0.1) is 6.54 Å². The zero-order valence-electron chi connectivity index (χ0n) is 13.7. The molecule has 122 valence electrons. The number of carbonyl (C=O) groups excluding carboxylic acids is 1. The zero-order chi connectivity index (χ0) is 16.5. The summed E-state index contributed by atoms with van der Waals surface area (Å²) in [5, 5.41) is 2.93. The maximum absolute atomic E-state index is 12.2. The lowest BCUT2D eigenvalue weighted by molar-refractivity contribution is -0.117. The summed E-state index contributed by atoms with van der Waals surface area (Å²) < 4.78 is 0. The number of nitrogens with two attached hydrogens (primary N) is 1. The second-order valence-corrected chi connectivity index (χ2v) is 5.71. The molecule has 0 aromatic heterocycles. The summed E-state index contributed by atoms with van der Waals surface area (Å²) in [7, 11) is 0. The fourth-order valence-corrected chi connectivity index (χ4v) is 2.42. The van der Waals surface area contributed by atoms with Crippen molar-refractivity contribution in [2.45, 2.75) is 13.3 Å². The molecule has 0 aliphatic carbocycles. The lowest BCUT2D eigenvalue weighted by Gasteiger charge is -2.21. The van der Waals surface area contributed by atoms with Crippen LogP contribution in [0.15, 0.2) is 54.6 Å². The Morgan fingerprint density at radius 2 is 1.74 bits per heavy atom. The fourth-order valence-electron chi connectivity index (χ4n) is 2.42. The van der Waals surface area contributed by atoms with Crippen LogP contribution < -0.4 is 11.1 Å². The minimum Gasteiger partial charge on any atom is -0.329 e. The van der Waals surface area contributed by atoms with E-state index in [0.29, 0.717) is 19.6 Å². The SMILES string of the molecule is Cc1ccc(NC(=O)CN(CCN)CCc2ccccc2)cc1. The number of rotatable bonds is 8. The molecule has 0 atom stereocenters. The van der Waals surface area contributed by atoms with Crippen molar-refractivity contribution in [3.05, 3.63) is 65.7 Å². The summed E-state index contributed by atoms with van der Waals surface area (Å²) in [6.07, 6.45) is 0.915. The van der Waals surface area contributed by atoms with Gasteiger partial charge in [0.25, 0.3) is 0 Å². The lowest BCUT2D eigenvalue weighted by Crippen LogP contribution is -2.37. The zero-order valence-corrected chi connectivity index (χ0v) is 13.7. The van der Waals surface area contributed by atoms with E-state index in [9.17, 15) is 4.79 Å². The van der Waals surface area contributed by atoms with Crippen molar-refractivity contribution >= 4 is 11.6 Å². The Kier molecular flexibility index (Phi) is 6.78. The van der Waals surface area contributed by atoms with Crippen LogP contribution in [-0.2, 0) is 11.2 Å². The van der Waals surface area contributed by atoms with Gasteiger partial charge in [-0.2, -0.15) is 0 Å². The van der Waals surface area contributed by atoms with Crippen LogP contribution in [0.2, 0.25) is 0 Å². The number of anilines is 1. The van der Waals surface area contributed by atoms with E-state index in [1.54, 1.807) is 0 Å². The van der Waals surface area contributed by atoms with E-state index in [-0.39, 0.29) is 5.91 Å². The molecule has 2 aromatic carbocycles. The quantitative estimate of drug-likeness (QED) is 0.787. The van der Waals surface area contributed by atoms with Crippen LogP contribution in [0, 0.1) is 6.92 Å². The molecule has 2 aromatic rings. The molecule has 0 fully saturated rings. The highest BCUT2D eigenvalue weighted by Crippen LogP contribution is 2.08. The minimum absolute atomic E-state index is 0.00429. The number of hydrogen-bond donors (Lipinski definition) is 2. The molecule has 4 heteroatoms. The summed E-state index contributed by atoms with van der Waals surface area (Å²) in [5.41, 5.74) is 8.95. The molecule has 0 aliphatic rings. The van der Waals surface area contributed by atoms with Crippen LogP contribution in [0.5, 0.6) is 0 Å². The van der Waals surface area contributed by atoms with Crippen LogP contribution in [-0.4, -0.2) is 37.0 Å². The maximum atomic E-state index is 12.2. The van der Waals surface area contributed by atoms with Gasteiger partial charge in [0.15, 0.2) is 0 Å². The van der Waals surface area contributed by atoms with Crippen molar-refractivity contribution in [2.75, 3.05) is 31.5 Å². The van der Waals surface area contributed by atoms with Gasteiger partial charge in [-0.15, -0.1) is 0 Å².